The van der Waals surface area contributed by atoms with Crippen molar-refractivity contribution in [2.75, 3.05) is 71.3 Å². The first-order chi connectivity index (χ1) is 20.0. The summed E-state index contributed by atoms with van der Waals surface area (Å²) in [5, 5.41) is 13.3. The fourth-order valence-corrected chi connectivity index (χ4v) is 6.36. The van der Waals surface area contributed by atoms with Crippen molar-refractivity contribution in [2.45, 2.75) is 12.6 Å². The topological polar surface area (TPSA) is 88.1 Å². The molecule has 0 spiro atoms. The van der Waals surface area contributed by atoms with Crippen molar-refractivity contribution in [1.82, 2.24) is 29.6 Å². The summed E-state index contributed by atoms with van der Waals surface area (Å²) in [6.45, 7) is 15.2. The van der Waals surface area contributed by atoms with E-state index in [4.69, 9.17) is 0 Å². The summed E-state index contributed by atoms with van der Waals surface area (Å²) in [7, 11) is 2.11. The van der Waals surface area contributed by atoms with Gasteiger partial charge in [0.15, 0.2) is 0 Å². The summed E-state index contributed by atoms with van der Waals surface area (Å²) in [4.78, 5) is 31.6. The first-order valence-corrected chi connectivity index (χ1v) is 14.9. The van der Waals surface area contributed by atoms with E-state index in [2.05, 4.69) is 75.6 Å². The molecule has 2 saturated heterocycles. The third-order valence-electron chi connectivity index (χ3n) is 7.81. The highest BCUT2D eigenvalue weighted by Crippen LogP contribution is 2.36. The summed E-state index contributed by atoms with van der Waals surface area (Å²) in [6, 6.07) is 10.6. The molecule has 41 heavy (non-hydrogen) atoms. The summed E-state index contributed by atoms with van der Waals surface area (Å²) >= 11 is 1.63. The van der Waals surface area contributed by atoms with Crippen LogP contribution in [-0.2, 0) is 6.54 Å². The van der Waals surface area contributed by atoms with Gasteiger partial charge >= 0.3 is 6.03 Å². The van der Waals surface area contributed by atoms with Gasteiger partial charge in [0.05, 0.1) is 22.9 Å². The molecule has 2 aromatic heterocycles. The number of amides is 2. The van der Waals surface area contributed by atoms with E-state index in [-0.39, 0.29) is 18.7 Å². The molecule has 2 aliphatic rings. The number of likely N-dealkylation sites (N-methyl/N-ethyl adjacent to an activating group) is 1. The van der Waals surface area contributed by atoms with Crippen LogP contribution in [-0.4, -0.2) is 113 Å². The number of fused-ring (bicyclic) bond motifs is 1. The van der Waals surface area contributed by atoms with E-state index in [1.807, 2.05) is 15.9 Å². The molecule has 2 amide bonds. The molecule has 4 heterocycles. The number of nitrogens with zero attached hydrogens (tertiary/aromatic N) is 6. The number of carbonyl (C=O) groups is 1. The summed E-state index contributed by atoms with van der Waals surface area (Å²) < 4.78 is 0.941. The highest BCUT2D eigenvalue weighted by molar-refractivity contribution is 7.22. The number of anilines is 1. The lowest BCUT2D eigenvalue weighted by molar-refractivity contribution is 0.0937. The van der Waals surface area contributed by atoms with Gasteiger partial charge in [-0.05, 0) is 29.8 Å². The van der Waals surface area contributed by atoms with Gasteiger partial charge in [-0.3, -0.25) is 4.90 Å². The average molecular weight is 574 g/mol. The number of allylic oxidation sites excluding steroid dienone is 2. The molecule has 1 atom stereocenters. The number of thiophene rings is 1. The Kier molecular flexibility index (Phi) is 9.45. The third kappa shape index (κ3) is 6.84. The second-order valence-electron chi connectivity index (χ2n) is 10.6. The van der Waals surface area contributed by atoms with Gasteiger partial charge in [0, 0.05) is 63.8 Å². The minimum atomic E-state index is -0.347. The van der Waals surface area contributed by atoms with Gasteiger partial charge in [0.2, 0.25) is 0 Å². The number of hydrogen-bond acceptors (Lipinski definition) is 8. The number of hydrogen-bond donors (Lipinski definition) is 2. The zero-order valence-corrected chi connectivity index (χ0v) is 24.5. The lowest BCUT2D eigenvalue weighted by atomic mass is 10.1. The smallest absolute Gasteiger partial charge is 0.320 e. The monoisotopic (exact) mass is 573 g/mol. The molecule has 10 heteroatoms. The molecule has 0 unspecified atom stereocenters. The first-order valence-electron chi connectivity index (χ1n) is 14.1. The van der Waals surface area contributed by atoms with Crippen molar-refractivity contribution in [1.29, 1.82) is 0 Å². The fourth-order valence-electron chi connectivity index (χ4n) is 5.29. The van der Waals surface area contributed by atoms with Crippen molar-refractivity contribution in [3.63, 3.8) is 0 Å². The number of rotatable bonds is 9. The quantitative estimate of drug-likeness (QED) is 0.375. The Hall–Kier alpha value is -3.57. The number of aliphatic hydroxyl groups excluding tert-OH is 1. The van der Waals surface area contributed by atoms with Crippen LogP contribution in [0.15, 0.2) is 73.6 Å². The zero-order chi connectivity index (χ0) is 28.8. The van der Waals surface area contributed by atoms with Crippen LogP contribution in [0.2, 0.25) is 0 Å². The molecule has 0 aliphatic carbocycles. The molecule has 9 nitrogen and oxygen atoms in total. The highest BCUT2D eigenvalue weighted by atomic mass is 32.1. The van der Waals surface area contributed by atoms with E-state index in [0.717, 1.165) is 85.1 Å². The Morgan fingerprint density at radius 1 is 1.05 bits per heavy atom. The number of nitrogens with one attached hydrogen (secondary N) is 1. The molecule has 1 aromatic carbocycles. The van der Waals surface area contributed by atoms with Gasteiger partial charge in [-0.2, -0.15) is 0 Å². The summed E-state index contributed by atoms with van der Waals surface area (Å²) in [6.07, 6.45) is 6.76. The minimum absolute atomic E-state index is 0.0987. The standard InChI is InChI=1S/C31H39N7O2S/c1-4-6-24(5-2)27(21-39)34-30-29-26(32-22-33-30)19-28(41-29)25-9-7-23(8-10-25)20-36-13-17-38(18-14-36)31(40)37-15-11-35(3)12-16-37/h4-10,19,22,27,39H,1-2,11-18,20-21H2,3H3,(H,32,33,34)/b24-6+/t27-/m1/s1. The fraction of sp³-hybridized carbons (Fsp3) is 0.387. The number of aliphatic hydroxyl groups is 1. The Labute approximate surface area is 246 Å². The predicted octanol–water partition coefficient (Wildman–Crippen LogP) is 3.91. The Bertz CT molecular complexity index is 1390. The Balaban J connectivity index is 1.20. The lowest BCUT2D eigenvalue weighted by Crippen LogP contribution is -2.56. The number of carbonyl (C=O) groups excluding carboxylic acids is 1. The van der Waals surface area contributed by atoms with Gasteiger partial charge < -0.3 is 25.1 Å². The summed E-state index contributed by atoms with van der Waals surface area (Å²) in [5.41, 5.74) is 4.08. The van der Waals surface area contributed by atoms with E-state index in [1.54, 1.807) is 29.8 Å². The van der Waals surface area contributed by atoms with E-state index >= 15 is 0 Å². The maximum atomic E-state index is 12.9. The van der Waals surface area contributed by atoms with Gasteiger partial charge in [-0.15, -0.1) is 11.3 Å². The highest BCUT2D eigenvalue weighted by Gasteiger charge is 2.27. The molecule has 5 rings (SSSR count). The van der Waals surface area contributed by atoms with Crippen molar-refractivity contribution >= 4 is 33.4 Å². The van der Waals surface area contributed by atoms with Crippen molar-refractivity contribution in [3.05, 3.63) is 79.2 Å². The number of urea groups is 1. The van der Waals surface area contributed by atoms with E-state index < -0.39 is 0 Å². The Morgan fingerprint density at radius 3 is 2.37 bits per heavy atom. The average Bonchev–Trinajstić information content (AvgIpc) is 3.45. The maximum Gasteiger partial charge on any atom is 0.320 e. The Morgan fingerprint density at radius 2 is 1.73 bits per heavy atom. The number of piperazine rings is 2. The van der Waals surface area contributed by atoms with Crippen LogP contribution in [0.4, 0.5) is 10.6 Å². The van der Waals surface area contributed by atoms with Crippen LogP contribution < -0.4 is 5.32 Å². The molecule has 216 valence electrons. The molecular formula is C31H39N7O2S. The minimum Gasteiger partial charge on any atom is -0.394 e. The summed E-state index contributed by atoms with van der Waals surface area (Å²) in [5.74, 6) is 0.684. The largest absolute Gasteiger partial charge is 0.394 e. The van der Waals surface area contributed by atoms with Gasteiger partial charge in [-0.1, -0.05) is 55.7 Å². The molecule has 2 aliphatic heterocycles. The molecule has 0 radical (unpaired) electrons. The van der Waals surface area contributed by atoms with Gasteiger partial charge in [0.25, 0.3) is 0 Å². The van der Waals surface area contributed by atoms with Crippen LogP contribution in [0.5, 0.6) is 0 Å². The predicted molar refractivity (Wildman–Crippen MR) is 167 cm³/mol. The van der Waals surface area contributed by atoms with E-state index in [1.165, 1.54) is 5.56 Å². The maximum absolute atomic E-state index is 12.9. The van der Waals surface area contributed by atoms with E-state index in [0.29, 0.717) is 5.82 Å². The van der Waals surface area contributed by atoms with Crippen LogP contribution in [0.1, 0.15) is 5.56 Å². The molecule has 0 saturated carbocycles. The van der Waals surface area contributed by atoms with Crippen LogP contribution in [0.3, 0.4) is 0 Å². The zero-order valence-electron chi connectivity index (χ0n) is 23.7. The van der Waals surface area contributed by atoms with Gasteiger partial charge in [-0.25, -0.2) is 14.8 Å². The van der Waals surface area contributed by atoms with Crippen LogP contribution in [0, 0.1) is 0 Å². The van der Waals surface area contributed by atoms with Crippen LogP contribution >= 0.6 is 11.3 Å². The second-order valence-corrected chi connectivity index (χ2v) is 11.6. The molecule has 0 bridgehead atoms. The molecule has 3 aromatic rings. The van der Waals surface area contributed by atoms with Crippen molar-refractivity contribution in [2.24, 2.45) is 0 Å². The third-order valence-corrected chi connectivity index (χ3v) is 8.99. The molecular weight excluding hydrogens is 534 g/mol. The molecule has 2 fully saturated rings. The number of benzene rings is 1. The van der Waals surface area contributed by atoms with E-state index in [9.17, 15) is 9.90 Å². The number of aromatic nitrogens is 2. The lowest BCUT2D eigenvalue weighted by Gasteiger charge is -2.40. The van der Waals surface area contributed by atoms with Crippen molar-refractivity contribution in [3.8, 4) is 10.4 Å². The van der Waals surface area contributed by atoms with Crippen LogP contribution in [0.25, 0.3) is 20.7 Å². The van der Waals surface area contributed by atoms with Gasteiger partial charge in [0.1, 0.15) is 12.1 Å². The first kappa shape index (κ1) is 28.9. The van der Waals surface area contributed by atoms with Crippen molar-refractivity contribution < 1.29 is 9.90 Å². The molecule has 2 N–H and O–H groups in total. The second kappa shape index (κ2) is 13.4. The normalized spacial score (nSPS) is 18.0. The SMILES string of the molecule is C=C/C=C(\C=C)[C@@H](CO)Nc1ncnc2cc(-c3ccc(CN4CCN(C(=O)N5CCN(C)CC5)CC4)cc3)sc12.